The molecule has 1 fully saturated rings. The first-order valence-corrected chi connectivity index (χ1v) is 7.25. The summed E-state index contributed by atoms with van der Waals surface area (Å²) in [5.41, 5.74) is 7.06. The number of rotatable bonds is 4. The number of nitrogens with two attached hydrogens (primary N) is 1. The molecule has 0 aromatic heterocycles. The molecule has 0 aromatic carbocycles. The first kappa shape index (κ1) is 15.0. The van der Waals surface area contributed by atoms with E-state index in [1.54, 1.807) is 0 Å². The van der Waals surface area contributed by atoms with Gasteiger partial charge in [0.2, 0.25) is 0 Å². The molecule has 1 heterocycles. The summed E-state index contributed by atoms with van der Waals surface area (Å²) in [7, 11) is 0. The summed E-state index contributed by atoms with van der Waals surface area (Å²) in [4.78, 5) is 2.65. The molecule has 0 amide bonds. The van der Waals surface area contributed by atoms with Gasteiger partial charge in [0.1, 0.15) is 0 Å². The average molecular weight is 240 g/mol. The second kappa shape index (κ2) is 5.27. The molecule has 2 unspecified atom stereocenters. The lowest BCUT2D eigenvalue weighted by Crippen LogP contribution is -2.53. The third-order valence-corrected chi connectivity index (χ3v) is 4.75. The van der Waals surface area contributed by atoms with Gasteiger partial charge in [-0.15, -0.1) is 0 Å². The molecule has 2 atom stereocenters. The van der Waals surface area contributed by atoms with E-state index in [9.17, 15) is 0 Å². The molecule has 2 N–H and O–H groups in total. The summed E-state index contributed by atoms with van der Waals surface area (Å²) < 4.78 is 0. The maximum Gasteiger partial charge on any atom is 0.0293 e. The van der Waals surface area contributed by atoms with Crippen molar-refractivity contribution < 1.29 is 0 Å². The Morgan fingerprint density at radius 3 is 2.06 bits per heavy atom. The third-order valence-electron chi connectivity index (χ3n) is 4.75. The largest absolute Gasteiger partial charge is 0.327 e. The quantitative estimate of drug-likeness (QED) is 0.817. The summed E-state index contributed by atoms with van der Waals surface area (Å²) in [5.74, 6) is 0. The van der Waals surface area contributed by atoms with Crippen LogP contribution in [0.1, 0.15) is 60.8 Å². The second-order valence-corrected chi connectivity index (χ2v) is 7.10. The fourth-order valence-corrected chi connectivity index (χ4v) is 3.70. The fourth-order valence-electron chi connectivity index (χ4n) is 3.70. The van der Waals surface area contributed by atoms with E-state index in [0.29, 0.717) is 11.5 Å². The standard InChI is InChI=1S/C15H32N2/c1-7-15(8-2)9-10-17(11-15)13(12(3)16)14(4,5)6/h12-13H,7-11,16H2,1-6H3. The van der Waals surface area contributed by atoms with Crippen LogP contribution >= 0.6 is 0 Å². The van der Waals surface area contributed by atoms with Crippen molar-refractivity contribution in [3.8, 4) is 0 Å². The summed E-state index contributed by atoms with van der Waals surface area (Å²) >= 11 is 0. The lowest BCUT2D eigenvalue weighted by Gasteiger charge is -2.41. The normalized spacial score (nSPS) is 24.9. The average Bonchev–Trinajstić information content (AvgIpc) is 2.60. The van der Waals surface area contributed by atoms with Gasteiger partial charge in [0.25, 0.3) is 0 Å². The number of hydrogen-bond acceptors (Lipinski definition) is 2. The van der Waals surface area contributed by atoms with E-state index in [1.807, 2.05) is 0 Å². The molecule has 1 saturated heterocycles. The number of hydrogen-bond donors (Lipinski definition) is 1. The minimum absolute atomic E-state index is 0.250. The van der Waals surface area contributed by atoms with Crippen LogP contribution in [0.2, 0.25) is 0 Å². The lowest BCUT2D eigenvalue weighted by atomic mass is 9.80. The van der Waals surface area contributed by atoms with Crippen LogP contribution in [0.4, 0.5) is 0 Å². The van der Waals surface area contributed by atoms with E-state index in [2.05, 4.69) is 46.4 Å². The van der Waals surface area contributed by atoms with E-state index >= 15 is 0 Å². The minimum Gasteiger partial charge on any atom is -0.327 e. The summed E-state index contributed by atoms with van der Waals surface area (Å²) in [6.45, 7) is 16.3. The first-order chi connectivity index (χ1) is 7.75. The molecule has 0 radical (unpaired) electrons. The molecule has 2 nitrogen and oxygen atoms in total. The van der Waals surface area contributed by atoms with Crippen LogP contribution < -0.4 is 5.73 Å². The smallest absolute Gasteiger partial charge is 0.0293 e. The summed E-state index contributed by atoms with van der Waals surface area (Å²) in [6, 6.07) is 0.752. The van der Waals surface area contributed by atoms with Gasteiger partial charge in [-0.05, 0) is 43.6 Å². The molecular weight excluding hydrogens is 208 g/mol. The van der Waals surface area contributed by atoms with Gasteiger partial charge < -0.3 is 5.73 Å². The molecule has 102 valence electrons. The molecule has 1 rings (SSSR count). The van der Waals surface area contributed by atoms with Crippen LogP contribution in [-0.2, 0) is 0 Å². The van der Waals surface area contributed by atoms with Crippen molar-refractivity contribution >= 4 is 0 Å². The summed E-state index contributed by atoms with van der Waals surface area (Å²) in [5, 5.41) is 0. The Hall–Kier alpha value is -0.0800. The molecule has 1 aliphatic heterocycles. The maximum atomic E-state index is 6.23. The van der Waals surface area contributed by atoms with E-state index in [0.717, 1.165) is 0 Å². The highest BCUT2D eigenvalue weighted by Gasteiger charge is 2.42. The van der Waals surface area contributed by atoms with Gasteiger partial charge in [-0.1, -0.05) is 34.6 Å². The molecule has 17 heavy (non-hydrogen) atoms. The summed E-state index contributed by atoms with van der Waals surface area (Å²) in [6.07, 6.45) is 3.95. The zero-order valence-electron chi connectivity index (χ0n) is 12.7. The number of likely N-dealkylation sites (tertiary alicyclic amines) is 1. The Morgan fingerprint density at radius 1 is 1.24 bits per heavy atom. The van der Waals surface area contributed by atoms with Gasteiger partial charge in [0, 0.05) is 18.6 Å². The van der Waals surface area contributed by atoms with E-state index in [4.69, 9.17) is 5.73 Å². The van der Waals surface area contributed by atoms with Gasteiger partial charge in [-0.2, -0.15) is 0 Å². The third kappa shape index (κ3) is 3.23. The molecule has 0 bridgehead atoms. The van der Waals surface area contributed by atoms with Gasteiger partial charge in [-0.3, -0.25) is 4.90 Å². The Labute approximate surface area is 108 Å². The van der Waals surface area contributed by atoms with E-state index in [1.165, 1.54) is 32.4 Å². The van der Waals surface area contributed by atoms with Crippen molar-refractivity contribution in [2.24, 2.45) is 16.6 Å². The molecule has 0 spiro atoms. The van der Waals surface area contributed by atoms with Crippen LogP contribution in [0, 0.1) is 10.8 Å². The maximum absolute atomic E-state index is 6.23. The fraction of sp³-hybridized carbons (Fsp3) is 1.00. The van der Waals surface area contributed by atoms with Gasteiger partial charge in [0.15, 0.2) is 0 Å². The molecule has 1 aliphatic rings. The number of nitrogens with zero attached hydrogens (tertiary/aromatic N) is 1. The Morgan fingerprint density at radius 2 is 1.76 bits per heavy atom. The van der Waals surface area contributed by atoms with Crippen molar-refractivity contribution in [3.63, 3.8) is 0 Å². The van der Waals surface area contributed by atoms with Crippen LogP contribution in [-0.4, -0.2) is 30.1 Å². The molecular formula is C15H32N2. The predicted molar refractivity (Wildman–Crippen MR) is 76.1 cm³/mol. The van der Waals surface area contributed by atoms with Crippen LogP contribution in [0.5, 0.6) is 0 Å². The van der Waals surface area contributed by atoms with Crippen LogP contribution in [0.15, 0.2) is 0 Å². The SMILES string of the molecule is CCC1(CC)CCN(C(C(C)N)C(C)(C)C)C1. The highest BCUT2D eigenvalue weighted by Crippen LogP contribution is 2.40. The van der Waals surface area contributed by atoms with Crippen molar-refractivity contribution in [2.75, 3.05) is 13.1 Å². The minimum atomic E-state index is 0.250. The molecule has 0 saturated carbocycles. The first-order valence-electron chi connectivity index (χ1n) is 7.25. The van der Waals surface area contributed by atoms with E-state index in [-0.39, 0.29) is 11.5 Å². The van der Waals surface area contributed by atoms with E-state index < -0.39 is 0 Å². The highest BCUT2D eigenvalue weighted by atomic mass is 15.2. The highest BCUT2D eigenvalue weighted by molar-refractivity contribution is 4.96. The molecule has 0 aliphatic carbocycles. The van der Waals surface area contributed by atoms with Crippen molar-refractivity contribution in [3.05, 3.63) is 0 Å². The zero-order chi connectivity index (χ0) is 13.3. The second-order valence-electron chi connectivity index (χ2n) is 7.10. The monoisotopic (exact) mass is 240 g/mol. The van der Waals surface area contributed by atoms with Gasteiger partial charge in [0.05, 0.1) is 0 Å². The zero-order valence-corrected chi connectivity index (χ0v) is 12.7. The Bertz CT molecular complexity index is 236. The van der Waals surface area contributed by atoms with Gasteiger partial charge in [-0.25, -0.2) is 0 Å². The Kier molecular flexibility index (Phi) is 4.65. The lowest BCUT2D eigenvalue weighted by molar-refractivity contribution is 0.0898. The van der Waals surface area contributed by atoms with Crippen molar-refractivity contribution in [1.82, 2.24) is 4.90 Å². The van der Waals surface area contributed by atoms with Crippen LogP contribution in [0.25, 0.3) is 0 Å². The molecule has 2 heteroatoms. The van der Waals surface area contributed by atoms with Crippen molar-refractivity contribution in [1.29, 1.82) is 0 Å². The molecule has 0 aromatic rings. The van der Waals surface area contributed by atoms with Gasteiger partial charge >= 0.3 is 0 Å². The van der Waals surface area contributed by atoms with Crippen molar-refractivity contribution in [2.45, 2.75) is 72.9 Å². The topological polar surface area (TPSA) is 29.3 Å². The van der Waals surface area contributed by atoms with Crippen LogP contribution in [0.3, 0.4) is 0 Å². The Balaban J connectivity index is 2.80. The predicted octanol–water partition coefficient (Wildman–Crippen LogP) is 3.26.